The maximum Gasteiger partial charge on any atom is 0.254 e. The van der Waals surface area contributed by atoms with Gasteiger partial charge in [-0.3, -0.25) is 14.5 Å². The maximum absolute atomic E-state index is 14.7. The van der Waals surface area contributed by atoms with E-state index < -0.39 is 5.91 Å². The van der Waals surface area contributed by atoms with Crippen molar-refractivity contribution in [2.45, 2.75) is 71.8 Å². The smallest absolute Gasteiger partial charge is 0.254 e. The van der Waals surface area contributed by atoms with Crippen molar-refractivity contribution < 1.29 is 14.3 Å². The Balaban J connectivity index is 1.28. The number of aromatic nitrogens is 3. The van der Waals surface area contributed by atoms with E-state index in [0.717, 1.165) is 96.7 Å². The quantitative estimate of drug-likeness (QED) is 0.143. The lowest BCUT2D eigenvalue weighted by Crippen LogP contribution is -2.33. The molecule has 12 nitrogen and oxygen atoms in total. The van der Waals surface area contributed by atoms with Crippen LogP contribution in [-0.4, -0.2) is 93.8 Å². The third-order valence-corrected chi connectivity index (χ3v) is 11.2. The van der Waals surface area contributed by atoms with Crippen molar-refractivity contribution in [2.24, 2.45) is 5.73 Å². The summed E-state index contributed by atoms with van der Waals surface area (Å²) < 4.78 is 7.60. The summed E-state index contributed by atoms with van der Waals surface area (Å²) >= 11 is 0. The number of aryl methyl sites for hydroxylation is 2. The first-order chi connectivity index (χ1) is 27.7. The standard InChI is InChI=1S/C45H53N9O3/c1-4-41-40(42(49-37-15-21-57-22-16-37)39-27-48-54(5-2)44(39)50-41)30-53(45(56)35-12-7-11-34(25-35)43(47)55)29-32-13-14-36(26-46)38(24-32)33-10-6-9-31(23-33)28-52-18-8-17-51(3)19-20-52/h6-7,9-14,23-25,27,37H,4-5,8,15-22,28-30H2,1-3H3,(H2,47,55)(H,49,50). The third-order valence-electron chi connectivity index (χ3n) is 11.2. The molecule has 2 aromatic heterocycles. The van der Waals surface area contributed by atoms with Gasteiger partial charge in [-0.2, -0.15) is 10.4 Å². The molecule has 0 spiro atoms. The zero-order chi connectivity index (χ0) is 39.9. The SMILES string of the molecule is CCc1nc2c(cnn2CC)c(NC2CCOCC2)c1CN(Cc1ccc(C#N)c(-c2cccc(CN3CCCN(C)CC3)c2)c1)C(=O)c1cccc(C(N)=O)c1. The van der Waals surface area contributed by atoms with Crippen molar-refractivity contribution in [3.05, 3.63) is 112 Å². The number of hydrogen-bond acceptors (Lipinski definition) is 9. The lowest BCUT2D eigenvalue weighted by Gasteiger charge is -2.29. The fourth-order valence-electron chi connectivity index (χ4n) is 8.06. The fraction of sp³-hybridized carbons (Fsp3) is 0.400. The molecule has 296 valence electrons. The van der Waals surface area contributed by atoms with Crippen LogP contribution in [0.15, 0.2) is 72.9 Å². The first kappa shape index (κ1) is 39.6. The molecule has 3 N–H and O–H groups in total. The van der Waals surface area contributed by atoms with E-state index in [2.05, 4.69) is 71.4 Å². The largest absolute Gasteiger partial charge is 0.381 e. The average Bonchev–Trinajstić information content (AvgIpc) is 3.54. The zero-order valence-electron chi connectivity index (χ0n) is 33.3. The summed E-state index contributed by atoms with van der Waals surface area (Å²) in [6.07, 6.45) is 5.37. The van der Waals surface area contributed by atoms with Gasteiger partial charge in [-0.25, -0.2) is 9.67 Å². The summed E-state index contributed by atoms with van der Waals surface area (Å²) in [4.78, 5) is 38.8. The number of nitrogens with zero attached hydrogens (tertiary/aromatic N) is 7. The van der Waals surface area contributed by atoms with Crippen LogP contribution in [0.1, 0.15) is 81.8 Å². The van der Waals surface area contributed by atoms with Gasteiger partial charge < -0.3 is 25.6 Å². The molecule has 0 saturated carbocycles. The van der Waals surface area contributed by atoms with Crippen LogP contribution in [0.2, 0.25) is 0 Å². The van der Waals surface area contributed by atoms with E-state index in [9.17, 15) is 14.9 Å². The number of ether oxygens (including phenoxy) is 1. The molecule has 2 aliphatic rings. The maximum atomic E-state index is 14.7. The predicted octanol–water partition coefficient (Wildman–Crippen LogP) is 6.22. The fourth-order valence-corrected chi connectivity index (χ4v) is 8.06. The number of nitriles is 1. The van der Waals surface area contributed by atoms with Crippen molar-refractivity contribution >= 4 is 28.5 Å². The molecule has 2 fully saturated rings. The van der Waals surface area contributed by atoms with Gasteiger partial charge in [0.05, 0.1) is 35.4 Å². The monoisotopic (exact) mass is 767 g/mol. The zero-order valence-corrected chi connectivity index (χ0v) is 33.3. The van der Waals surface area contributed by atoms with Crippen molar-refractivity contribution in [3.63, 3.8) is 0 Å². The first-order valence-electron chi connectivity index (χ1n) is 20.2. The highest BCUT2D eigenvalue weighted by Crippen LogP contribution is 2.34. The van der Waals surface area contributed by atoms with Crippen molar-refractivity contribution in [1.82, 2.24) is 29.5 Å². The molecule has 12 heteroatoms. The predicted molar refractivity (Wildman–Crippen MR) is 223 cm³/mol. The molecule has 57 heavy (non-hydrogen) atoms. The Hall–Kier alpha value is -5.61. The summed E-state index contributed by atoms with van der Waals surface area (Å²) in [5.41, 5.74) is 14.2. The highest BCUT2D eigenvalue weighted by Gasteiger charge is 2.26. The summed E-state index contributed by atoms with van der Waals surface area (Å²) in [5, 5.41) is 19.7. The van der Waals surface area contributed by atoms with Crippen LogP contribution >= 0.6 is 0 Å². The van der Waals surface area contributed by atoms with Crippen LogP contribution in [0.25, 0.3) is 22.2 Å². The van der Waals surface area contributed by atoms with E-state index in [1.165, 1.54) is 5.56 Å². The van der Waals surface area contributed by atoms with Gasteiger partial charge in [-0.05, 0) is 111 Å². The van der Waals surface area contributed by atoms with Gasteiger partial charge >= 0.3 is 0 Å². The second-order valence-electron chi connectivity index (χ2n) is 15.2. The molecular formula is C45H53N9O3. The second-order valence-corrected chi connectivity index (χ2v) is 15.2. The minimum atomic E-state index is -0.600. The number of amides is 2. The first-order valence-corrected chi connectivity index (χ1v) is 20.2. The van der Waals surface area contributed by atoms with Crippen LogP contribution in [-0.2, 0) is 37.3 Å². The van der Waals surface area contributed by atoms with Gasteiger partial charge in [0.2, 0.25) is 5.91 Å². The molecule has 0 radical (unpaired) electrons. The second kappa shape index (κ2) is 18.1. The lowest BCUT2D eigenvalue weighted by atomic mass is 9.96. The number of fused-ring (bicyclic) bond motifs is 1. The van der Waals surface area contributed by atoms with E-state index in [-0.39, 0.29) is 30.6 Å². The summed E-state index contributed by atoms with van der Waals surface area (Å²) in [6, 6.07) is 23.4. The molecule has 0 atom stereocenters. The van der Waals surface area contributed by atoms with E-state index in [1.54, 1.807) is 29.2 Å². The van der Waals surface area contributed by atoms with E-state index >= 15 is 0 Å². The van der Waals surface area contributed by atoms with Crippen molar-refractivity contribution in [1.29, 1.82) is 5.26 Å². The molecule has 7 rings (SSSR count). The molecule has 2 aliphatic heterocycles. The summed E-state index contributed by atoms with van der Waals surface area (Å²) in [6.45, 7) is 11.7. The molecule has 2 saturated heterocycles. The van der Waals surface area contributed by atoms with Crippen LogP contribution in [0.4, 0.5) is 5.69 Å². The van der Waals surface area contributed by atoms with Crippen molar-refractivity contribution in [3.8, 4) is 17.2 Å². The normalized spacial score (nSPS) is 15.6. The third kappa shape index (κ3) is 9.18. The number of carbonyl (C=O) groups excluding carboxylic acids is 2. The number of rotatable bonds is 13. The molecular weight excluding hydrogens is 715 g/mol. The number of nitrogens with two attached hydrogens (primary N) is 1. The minimum absolute atomic E-state index is 0.187. The van der Waals surface area contributed by atoms with Crippen LogP contribution in [0, 0.1) is 11.3 Å². The molecule has 0 unspecified atom stereocenters. The Kier molecular flexibility index (Phi) is 12.6. The highest BCUT2D eigenvalue weighted by molar-refractivity contribution is 5.99. The van der Waals surface area contributed by atoms with E-state index in [4.69, 9.17) is 15.5 Å². The van der Waals surface area contributed by atoms with Gasteiger partial charge in [-0.15, -0.1) is 0 Å². The number of pyridine rings is 1. The van der Waals surface area contributed by atoms with Crippen molar-refractivity contribution in [2.75, 3.05) is 51.8 Å². The van der Waals surface area contributed by atoms with E-state index in [0.29, 0.717) is 37.3 Å². The number of carbonyl (C=O) groups is 2. The Labute approximate surface area is 335 Å². The van der Waals surface area contributed by atoms with Gasteiger partial charge in [0.25, 0.3) is 5.91 Å². The number of anilines is 1. The topological polar surface area (TPSA) is 146 Å². The van der Waals surface area contributed by atoms with Crippen LogP contribution in [0.5, 0.6) is 0 Å². The highest BCUT2D eigenvalue weighted by atomic mass is 16.5. The Morgan fingerprint density at radius 1 is 0.965 bits per heavy atom. The molecule has 0 bridgehead atoms. The molecule has 2 amide bonds. The molecule has 0 aliphatic carbocycles. The van der Waals surface area contributed by atoms with E-state index in [1.807, 2.05) is 29.1 Å². The number of likely N-dealkylation sites (N-methyl/N-ethyl adjacent to an activating group) is 1. The summed E-state index contributed by atoms with van der Waals surface area (Å²) in [7, 11) is 2.18. The number of benzene rings is 3. The van der Waals surface area contributed by atoms with Crippen LogP contribution < -0.4 is 11.1 Å². The lowest BCUT2D eigenvalue weighted by molar-refractivity contribution is 0.0730. The average molecular weight is 768 g/mol. The Bertz CT molecular complexity index is 2270. The van der Waals surface area contributed by atoms with Gasteiger partial charge in [-0.1, -0.05) is 37.3 Å². The van der Waals surface area contributed by atoms with Crippen LogP contribution in [0.3, 0.4) is 0 Å². The Morgan fingerprint density at radius 2 is 1.77 bits per heavy atom. The molecule has 3 aromatic carbocycles. The van der Waals surface area contributed by atoms with Gasteiger partial charge in [0.15, 0.2) is 5.65 Å². The number of nitrogens with one attached hydrogen (secondary N) is 1. The molecule has 5 aromatic rings. The Morgan fingerprint density at radius 3 is 2.54 bits per heavy atom. The minimum Gasteiger partial charge on any atom is -0.381 e. The number of primary amides is 1. The van der Waals surface area contributed by atoms with Gasteiger partial charge in [0, 0.05) is 74.4 Å². The summed E-state index contributed by atoms with van der Waals surface area (Å²) in [5.74, 6) is -0.852. The van der Waals surface area contributed by atoms with Gasteiger partial charge in [0.1, 0.15) is 0 Å². The number of hydrogen-bond donors (Lipinski definition) is 2. The molecule has 4 heterocycles.